The van der Waals surface area contributed by atoms with Gasteiger partial charge in [-0.2, -0.15) is 12.9 Å². The molecule has 10 N–H and O–H groups in total. The molecule has 0 saturated carbocycles. The van der Waals surface area contributed by atoms with E-state index in [-0.39, 0.29) is 9.28 Å². The second-order valence-corrected chi connectivity index (χ2v) is 16.9. The minimum absolute atomic E-state index is 0.0261. The maximum Gasteiger partial charge on any atom is 0.490 e. The fraction of sp³-hybridized carbons (Fsp3) is 0.556. The number of ether oxygens (including phenoxy) is 2. The highest BCUT2D eigenvalue weighted by Crippen LogP contribution is 2.71. The van der Waals surface area contributed by atoms with Gasteiger partial charge in [0.1, 0.15) is 45.9 Å². The standard InChI is InChI=1S/C18H26N4O21P4S2/c23-11-7(39-15(13(11)25)21-3-1-9(48)19-17(21)27)5-37-44(29,30)41-46(33,34)43-47(35,36)42-45(31,32)38-6-8-12(24)14(26)16(40-8)22-4-2-10(49)20-18(22)28/h1-4,7-8,11-16,23-26H,5-6H2,(H,29,30)(H,31,32)(H,33,34)(H,35,36)(H,19,27,48)(H,20,28,49)/t7-,8-,11-,12-,13-,14-,15+,16+/m1/s1. The molecule has 0 aliphatic carbocycles. The Labute approximate surface area is 281 Å². The summed E-state index contributed by atoms with van der Waals surface area (Å²) in [5.41, 5.74) is -1.73. The monoisotopic (exact) mass is 822 g/mol. The summed E-state index contributed by atoms with van der Waals surface area (Å²) in [5, 5.41) is 40.9. The highest BCUT2D eigenvalue weighted by Gasteiger charge is 2.49. The number of aromatic nitrogens is 4. The molecule has 31 heteroatoms. The van der Waals surface area contributed by atoms with Crippen molar-refractivity contribution in [3.8, 4) is 0 Å². The number of hydrogen-bond donors (Lipinski definition) is 10. The van der Waals surface area contributed by atoms with Gasteiger partial charge in [0, 0.05) is 12.4 Å². The van der Waals surface area contributed by atoms with E-state index in [9.17, 15) is 67.8 Å². The average Bonchev–Trinajstić information content (AvgIpc) is 3.38. The first kappa shape index (κ1) is 40.3. The number of phosphoric ester groups is 2. The van der Waals surface area contributed by atoms with Gasteiger partial charge in [0.05, 0.1) is 13.2 Å². The van der Waals surface area contributed by atoms with Crippen molar-refractivity contribution >= 4 is 55.7 Å². The lowest BCUT2D eigenvalue weighted by Crippen LogP contribution is -2.36. The summed E-state index contributed by atoms with van der Waals surface area (Å²) in [6, 6.07) is 2.48. The third kappa shape index (κ3) is 10.3. The number of hydrogen-bond acceptors (Lipinski definition) is 19. The number of rotatable bonds is 14. The molecule has 0 bridgehead atoms. The smallest absolute Gasteiger partial charge is 0.387 e. The van der Waals surface area contributed by atoms with Crippen LogP contribution >= 0.6 is 55.7 Å². The summed E-state index contributed by atoms with van der Waals surface area (Å²) in [7, 11) is -24.0. The lowest BCUT2D eigenvalue weighted by Gasteiger charge is -2.21. The summed E-state index contributed by atoms with van der Waals surface area (Å²) >= 11 is 9.57. The van der Waals surface area contributed by atoms with Gasteiger partial charge in [-0.25, -0.2) is 27.8 Å². The van der Waals surface area contributed by atoms with E-state index in [0.717, 1.165) is 21.5 Å². The molecule has 2 aliphatic heterocycles. The van der Waals surface area contributed by atoms with Gasteiger partial charge in [0.15, 0.2) is 12.5 Å². The number of nitrogens with zero attached hydrogens (tertiary/aromatic N) is 2. The molecule has 2 aliphatic rings. The van der Waals surface area contributed by atoms with E-state index in [1.165, 1.54) is 12.1 Å². The zero-order valence-electron chi connectivity index (χ0n) is 23.7. The zero-order valence-corrected chi connectivity index (χ0v) is 28.9. The van der Waals surface area contributed by atoms with E-state index in [2.05, 4.69) is 31.9 Å². The molecule has 0 radical (unpaired) electrons. The summed E-state index contributed by atoms with van der Waals surface area (Å²) in [6.07, 6.45) is -11.6. The summed E-state index contributed by atoms with van der Waals surface area (Å²) in [4.78, 5) is 67.8. The molecule has 4 rings (SSSR count). The quantitative estimate of drug-likeness (QED) is 0.0769. The highest BCUT2D eigenvalue weighted by atomic mass is 32.1. The van der Waals surface area contributed by atoms with Gasteiger partial charge in [-0.15, -0.1) is 0 Å². The maximum atomic E-state index is 12.3. The normalized spacial score (nSPS) is 32.2. The molecule has 276 valence electrons. The topological polar surface area (TPSA) is 370 Å². The third-order valence-electron chi connectivity index (χ3n) is 6.35. The van der Waals surface area contributed by atoms with Crippen LogP contribution in [0.25, 0.3) is 0 Å². The maximum absolute atomic E-state index is 12.3. The second kappa shape index (κ2) is 15.2. The molecular weight excluding hydrogens is 796 g/mol. The molecule has 0 amide bonds. The van der Waals surface area contributed by atoms with Crippen LogP contribution in [0.3, 0.4) is 0 Å². The molecule has 2 aromatic rings. The summed E-state index contributed by atoms with van der Waals surface area (Å²) in [6.45, 7) is -2.33. The van der Waals surface area contributed by atoms with Crippen LogP contribution in [0.15, 0.2) is 34.1 Å². The predicted octanol–water partition coefficient (Wildman–Crippen LogP) is -1.45. The highest BCUT2D eigenvalue weighted by molar-refractivity contribution is 7.71. The molecule has 2 aromatic heterocycles. The molecule has 49 heavy (non-hydrogen) atoms. The van der Waals surface area contributed by atoms with Gasteiger partial charge in [-0.1, -0.05) is 24.4 Å². The van der Waals surface area contributed by atoms with Crippen molar-refractivity contribution in [2.45, 2.75) is 49.1 Å². The zero-order chi connectivity index (χ0) is 36.7. The summed E-state index contributed by atoms with van der Waals surface area (Å²) in [5.74, 6) is 0. The van der Waals surface area contributed by atoms with E-state index in [0.29, 0.717) is 0 Å². The molecule has 25 nitrogen and oxygen atoms in total. The van der Waals surface area contributed by atoms with Crippen LogP contribution in [-0.4, -0.2) is 109 Å². The number of aliphatic hydroxyl groups excluding tert-OH is 4. The Morgan fingerprint density at radius 3 is 1.29 bits per heavy atom. The number of aliphatic hydroxyl groups is 4. The number of phosphoric acid groups is 4. The van der Waals surface area contributed by atoms with Gasteiger partial charge >= 0.3 is 42.7 Å². The minimum atomic E-state index is -6.21. The Hall–Kier alpha value is -1.48. The van der Waals surface area contributed by atoms with Gasteiger partial charge in [0.2, 0.25) is 0 Å². The van der Waals surface area contributed by atoms with Gasteiger partial charge in [0.25, 0.3) is 0 Å². The molecule has 4 heterocycles. The van der Waals surface area contributed by atoms with Crippen molar-refractivity contribution in [1.29, 1.82) is 0 Å². The van der Waals surface area contributed by atoms with E-state index in [4.69, 9.17) is 33.9 Å². The van der Waals surface area contributed by atoms with Gasteiger partial charge < -0.3 is 49.5 Å². The summed E-state index contributed by atoms with van der Waals surface area (Å²) < 4.78 is 81.3. The first-order valence-corrected chi connectivity index (χ1v) is 19.7. The van der Waals surface area contributed by atoms with Crippen LogP contribution in [-0.2, 0) is 49.7 Å². The van der Waals surface area contributed by atoms with Crippen molar-refractivity contribution in [2.24, 2.45) is 0 Å². The molecule has 4 unspecified atom stereocenters. The predicted molar refractivity (Wildman–Crippen MR) is 158 cm³/mol. The van der Waals surface area contributed by atoms with Crippen molar-refractivity contribution < 1.29 is 89.7 Å². The van der Waals surface area contributed by atoms with E-state index >= 15 is 0 Å². The fourth-order valence-corrected chi connectivity index (χ4v) is 9.50. The van der Waals surface area contributed by atoms with Crippen molar-refractivity contribution in [3.05, 3.63) is 54.8 Å². The van der Waals surface area contributed by atoms with Crippen LogP contribution in [0.1, 0.15) is 12.5 Å². The van der Waals surface area contributed by atoms with Crippen molar-refractivity contribution in [3.63, 3.8) is 0 Å². The van der Waals surface area contributed by atoms with Gasteiger partial charge in [-0.05, 0) is 12.1 Å². The fourth-order valence-electron chi connectivity index (χ4n) is 4.25. The van der Waals surface area contributed by atoms with Crippen molar-refractivity contribution in [2.75, 3.05) is 13.2 Å². The molecule has 2 saturated heterocycles. The van der Waals surface area contributed by atoms with Gasteiger partial charge in [-0.3, -0.25) is 28.1 Å². The Balaban J connectivity index is 1.31. The van der Waals surface area contributed by atoms with E-state index < -0.39 is 105 Å². The van der Waals surface area contributed by atoms with Crippen LogP contribution in [0, 0.1) is 9.28 Å². The van der Waals surface area contributed by atoms with Crippen molar-refractivity contribution in [1.82, 2.24) is 19.1 Å². The first-order valence-electron chi connectivity index (χ1n) is 12.9. The largest absolute Gasteiger partial charge is 0.490 e. The number of H-pyrrole nitrogens is 2. The molecule has 12 atom stereocenters. The van der Waals surface area contributed by atoms with E-state index in [1.807, 2.05) is 0 Å². The Bertz CT molecular complexity index is 1830. The lowest BCUT2D eigenvalue weighted by molar-refractivity contribution is -0.0543. The Morgan fingerprint density at radius 1 is 0.633 bits per heavy atom. The first-order chi connectivity index (χ1) is 22.5. The third-order valence-corrected chi connectivity index (χ3v) is 12.7. The molecule has 0 aromatic carbocycles. The van der Waals surface area contributed by atoms with Crippen LogP contribution in [0.5, 0.6) is 0 Å². The minimum Gasteiger partial charge on any atom is -0.387 e. The lowest BCUT2D eigenvalue weighted by atomic mass is 10.1. The Kier molecular flexibility index (Phi) is 12.5. The van der Waals surface area contributed by atoms with Crippen LogP contribution in [0.4, 0.5) is 0 Å². The number of aromatic amines is 2. The number of nitrogens with one attached hydrogen (secondary N) is 2. The molecular formula is C18H26N4O21P4S2. The van der Waals surface area contributed by atoms with E-state index in [1.54, 1.807) is 0 Å². The van der Waals surface area contributed by atoms with Crippen LogP contribution in [0.2, 0.25) is 0 Å². The van der Waals surface area contributed by atoms with Crippen LogP contribution < -0.4 is 11.4 Å². The SMILES string of the molecule is O=c1[nH]c(=S)ccn1[C@H]1O[C@H](COP(=O)(O)OP(=O)(O)OP(=O)(O)OP(=O)(O)OC[C@H]2O[C@H](n3ccc(=S)[nH]c3=O)[C@H](O)[C@@H]2O)[C@@H](O)[C@H]1O. The molecule has 0 spiro atoms. The Morgan fingerprint density at radius 2 is 0.959 bits per heavy atom. The average molecular weight is 822 g/mol. The molecule has 2 fully saturated rings. The second-order valence-electron chi connectivity index (χ2n) is 9.84.